The molecule has 1 heterocycles. The molecule has 4 heteroatoms. The molecule has 16 heavy (non-hydrogen) atoms. The lowest BCUT2D eigenvalue weighted by Crippen LogP contribution is -2.23. The summed E-state index contributed by atoms with van der Waals surface area (Å²) in [6.45, 7) is 4.89. The highest BCUT2D eigenvalue weighted by atomic mass is 127. The SMILES string of the molecule is Cc1cc(C(=O)NCCCCCI)sc1C. The lowest BCUT2D eigenvalue weighted by Gasteiger charge is -2.02. The molecule has 1 aromatic rings. The molecule has 1 rings (SSSR count). The number of aryl methyl sites for hydroxylation is 2. The molecule has 0 atom stereocenters. The molecule has 1 amide bonds. The van der Waals surface area contributed by atoms with Crippen molar-refractivity contribution in [2.24, 2.45) is 0 Å². The Bertz CT molecular complexity index is 329. The standard InChI is InChI=1S/C12H18INOS/c1-9-8-11(16-10(9)2)12(15)14-7-5-3-4-6-13/h8H,3-7H2,1-2H3,(H,14,15). The van der Waals surface area contributed by atoms with Crippen molar-refractivity contribution < 1.29 is 4.79 Å². The van der Waals surface area contributed by atoms with Crippen LogP contribution in [0.25, 0.3) is 0 Å². The van der Waals surface area contributed by atoms with Crippen LogP contribution in [-0.4, -0.2) is 16.9 Å². The molecular weight excluding hydrogens is 333 g/mol. The van der Waals surface area contributed by atoms with E-state index in [4.69, 9.17) is 0 Å². The van der Waals surface area contributed by atoms with E-state index in [1.54, 1.807) is 11.3 Å². The van der Waals surface area contributed by atoms with Gasteiger partial charge in [-0.3, -0.25) is 4.79 Å². The van der Waals surface area contributed by atoms with Gasteiger partial charge in [-0.25, -0.2) is 0 Å². The van der Waals surface area contributed by atoms with E-state index in [0.717, 1.165) is 17.8 Å². The molecule has 0 bridgehead atoms. The number of amides is 1. The molecule has 0 radical (unpaired) electrons. The summed E-state index contributed by atoms with van der Waals surface area (Å²) < 4.78 is 1.20. The Kier molecular flexibility index (Phi) is 6.34. The van der Waals surface area contributed by atoms with E-state index in [-0.39, 0.29) is 5.91 Å². The monoisotopic (exact) mass is 351 g/mol. The van der Waals surface area contributed by atoms with Crippen LogP contribution in [0.15, 0.2) is 6.07 Å². The van der Waals surface area contributed by atoms with Gasteiger partial charge in [-0.05, 0) is 42.7 Å². The Morgan fingerprint density at radius 1 is 1.38 bits per heavy atom. The summed E-state index contributed by atoms with van der Waals surface area (Å²) in [4.78, 5) is 13.8. The third-order valence-electron chi connectivity index (χ3n) is 2.49. The first-order valence-corrected chi connectivity index (χ1v) is 7.90. The summed E-state index contributed by atoms with van der Waals surface area (Å²) in [6, 6.07) is 1.97. The van der Waals surface area contributed by atoms with Crippen molar-refractivity contribution >= 4 is 39.8 Å². The smallest absolute Gasteiger partial charge is 0.261 e. The minimum Gasteiger partial charge on any atom is -0.351 e. The van der Waals surface area contributed by atoms with E-state index >= 15 is 0 Å². The number of unbranched alkanes of at least 4 members (excludes halogenated alkanes) is 2. The van der Waals surface area contributed by atoms with Crippen LogP contribution in [0.4, 0.5) is 0 Å². The Labute approximate surface area is 115 Å². The van der Waals surface area contributed by atoms with Crippen LogP contribution in [0, 0.1) is 13.8 Å². The summed E-state index contributed by atoms with van der Waals surface area (Å²) in [5.74, 6) is 0.0793. The highest BCUT2D eigenvalue weighted by Gasteiger charge is 2.09. The fourth-order valence-electron chi connectivity index (χ4n) is 1.37. The molecule has 0 aliphatic heterocycles. The number of halogens is 1. The van der Waals surface area contributed by atoms with Gasteiger partial charge < -0.3 is 5.32 Å². The molecule has 90 valence electrons. The molecule has 0 aliphatic rings. The molecule has 0 aromatic carbocycles. The van der Waals surface area contributed by atoms with Gasteiger partial charge in [0.25, 0.3) is 5.91 Å². The minimum atomic E-state index is 0.0793. The third-order valence-corrected chi connectivity index (χ3v) is 4.40. The number of hydrogen-bond donors (Lipinski definition) is 1. The van der Waals surface area contributed by atoms with Gasteiger partial charge in [0.15, 0.2) is 0 Å². The van der Waals surface area contributed by atoms with Gasteiger partial charge in [0.1, 0.15) is 0 Å². The first kappa shape index (κ1) is 14.0. The second-order valence-electron chi connectivity index (χ2n) is 3.86. The molecular formula is C12H18INOS. The normalized spacial score (nSPS) is 10.4. The summed E-state index contributed by atoms with van der Waals surface area (Å²) in [5, 5.41) is 2.97. The number of carbonyl (C=O) groups excluding carboxylic acids is 1. The number of carbonyl (C=O) groups is 1. The van der Waals surface area contributed by atoms with E-state index in [1.165, 1.54) is 27.7 Å². The zero-order valence-electron chi connectivity index (χ0n) is 9.81. The molecule has 0 unspecified atom stereocenters. The predicted octanol–water partition coefficient (Wildman–Crippen LogP) is 3.70. The van der Waals surface area contributed by atoms with Crippen LogP contribution in [0.1, 0.15) is 39.4 Å². The maximum Gasteiger partial charge on any atom is 0.261 e. The summed E-state index contributed by atoms with van der Waals surface area (Å²) in [7, 11) is 0. The van der Waals surface area contributed by atoms with E-state index in [9.17, 15) is 4.79 Å². The van der Waals surface area contributed by atoms with Crippen molar-refractivity contribution in [2.75, 3.05) is 11.0 Å². The van der Waals surface area contributed by atoms with Crippen LogP contribution >= 0.6 is 33.9 Å². The number of nitrogens with one attached hydrogen (secondary N) is 1. The van der Waals surface area contributed by atoms with Gasteiger partial charge in [0.2, 0.25) is 0 Å². The van der Waals surface area contributed by atoms with Crippen molar-refractivity contribution in [2.45, 2.75) is 33.1 Å². The molecule has 1 aromatic heterocycles. The van der Waals surface area contributed by atoms with Crippen LogP contribution in [0.2, 0.25) is 0 Å². The minimum absolute atomic E-state index is 0.0793. The van der Waals surface area contributed by atoms with Crippen LogP contribution < -0.4 is 5.32 Å². The Hall–Kier alpha value is -0.1000. The van der Waals surface area contributed by atoms with Crippen molar-refractivity contribution in [3.05, 3.63) is 21.4 Å². The predicted molar refractivity (Wildman–Crippen MR) is 78.9 cm³/mol. The van der Waals surface area contributed by atoms with E-state index < -0.39 is 0 Å². The van der Waals surface area contributed by atoms with Gasteiger partial charge in [-0.2, -0.15) is 0 Å². The van der Waals surface area contributed by atoms with Gasteiger partial charge in [-0.15, -0.1) is 11.3 Å². The fourth-order valence-corrected chi connectivity index (χ4v) is 2.86. The summed E-state index contributed by atoms with van der Waals surface area (Å²) in [6.07, 6.45) is 3.53. The second kappa shape index (κ2) is 7.27. The first-order valence-electron chi connectivity index (χ1n) is 5.56. The summed E-state index contributed by atoms with van der Waals surface area (Å²) in [5.41, 5.74) is 1.21. The van der Waals surface area contributed by atoms with Gasteiger partial charge in [0, 0.05) is 11.4 Å². The lowest BCUT2D eigenvalue weighted by molar-refractivity contribution is 0.0957. The largest absolute Gasteiger partial charge is 0.351 e. The molecule has 2 nitrogen and oxygen atoms in total. The maximum atomic E-state index is 11.7. The van der Waals surface area contributed by atoms with E-state index in [0.29, 0.717) is 0 Å². The number of rotatable bonds is 6. The Balaban J connectivity index is 2.30. The topological polar surface area (TPSA) is 29.1 Å². The maximum absolute atomic E-state index is 11.7. The third kappa shape index (κ3) is 4.41. The molecule has 0 saturated carbocycles. The van der Waals surface area contributed by atoms with Crippen molar-refractivity contribution in [1.82, 2.24) is 5.32 Å². The zero-order chi connectivity index (χ0) is 12.0. The molecule has 1 N–H and O–H groups in total. The quantitative estimate of drug-likeness (QED) is 0.473. The molecule has 0 spiro atoms. The lowest BCUT2D eigenvalue weighted by atomic mass is 10.2. The second-order valence-corrected chi connectivity index (χ2v) is 6.19. The molecule has 0 fully saturated rings. The number of hydrogen-bond acceptors (Lipinski definition) is 2. The Morgan fingerprint density at radius 2 is 2.12 bits per heavy atom. The first-order chi connectivity index (χ1) is 7.65. The van der Waals surface area contributed by atoms with Crippen LogP contribution in [0.5, 0.6) is 0 Å². The highest BCUT2D eigenvalue weighted by molar-refractivity contribution is 14.1. The Morgan fingerprint density at radius 3 is 2.69 bits per heavy atom. The molecule has 0 aliphatic carbocycles. The average molecular weight is 351 g/mol. The van der Waals surface area contributed by atoms with E-state index in [2.05, 4.69) is 34.8 Å². The van der Waals surface area contributed by atoms with Crippen LogP contribution in [-0.2, 0) is 0 Å². The van der Waals surface area contributed by atoms with E-state index in [1.807, 2.05) is 13.0 Å². The van der Waals surface area contributed by atoms with Crippen LogP contribution in [0.3, 0.4) is 0 Å². The number of alkyl halides is 1. The van der Waals surface area contributed by atoms with Crippen molar-refractivity contribution in [1.29, 1.82) is 0 Å². The fraction of sp³-hybridized carbons (Fsp3) is 0.583. The number of thiophene rings is 1. The molecule has 0 saturated heterocycles. The van der Waals surface area contributed by atoms with Crippen molar-refractivity contribution in [3.8, 4) is 0 Å². The summed E-state index contributed by atoms with van der Waals surface area (Å²) >= 11 is 3.96. The average Bonchev–Trinajstić information content (AvgIpc) is 2.59. The van der Waals surface area contributed by atoms with Gasteiger partial charge in [-0.1, -0.05) is 29.0 Å². The van der Waals surface area contributed by atoms with Gasteiger partial charge >= 0.3 is 0 Å². The zero-order valence-corrected chi connectivity index (χ0v) is 12.8. The van der Waals surface area contributed by atoms with Crippen molar-refractivity contribution in [3.63, 3.8) is 0 Å². The van der Waals surface area contributed by atoms with Gasteiger partial charge in [0.05, 0.1) is 4.88 Å². The highest BCUT2D eigenvalue weighted by Crippen LogP contribution is 2.20.